The van der Waals surface area contributed by atoms with Crippen LogP contribution in [0.15, 0.2) is 85.5 Å². The van der Waals surface area contributed by atoms with E-state index < -0.39 is 0 Å². The first-order chi connectivity index (χ1) is 14.8. The summed E-state index contributed by atoms with van der Waals surface area (Å²) in [5.74, 6) is 0.404. The third kappa shape index (κ3) is 3.30. The molecule has 8 nitrogen and oxygen atoms in total. The summed E-state index contributed by atoms with van der Waals surface area (Å²) in [5.41, 5.74) is 3.39. The molecule has 0 spiro atoms. The quantitative estimate of drug-likeness (QED) is 0.494. The average molecular weight is 395 g/mol. The molecule has 8 heteroatoms. The van der Waals surface area contributed by atoms with E-state index in [-0.39, 0.29) is 12.5 Å². The zero-order valence-electron chi connectivity index (χ0n) is 15.9. The van der Waals surface area contributed by atoms with Gasteiger partial charge in [-0.1, -0.05) is 24.3 Å². The Labute approximate surface area is 171 Å². The smallest absolute Gasteiger partial charge is 0.255 e. The fraction of sp³-hybridized carbons (Fsp3) is 0.0455. The van der Waals surface area contributed by atoms with E-state index in [1.807, 2.05) is 71.3 Å². The molecule has 0 aliphatic carbocycles. The number of nitrogens with zero attached hydrogens (tertiary/aromatic N) is 6. The van der Waals surface area contributed by atoms with Crippen molar-refractivity contribution in [1.82, 2.24) is 34.7 Å². The monoisotopic (exact) mass is 395 g/mol. The molecule has 5 aromatic rings. The lowest BCUT2D eigenvalue weighted by atomic mass is 10.1. The van der Waals surface area contributed by atoms with Crippen LogP contribution in [0.4, 0.5) is 0 Å². The lowest BCUT2D eigenvalue weighted by molar-refractivity contribution is 0.0950. The van der Waals surface area contributed by atoms with E-state index in [2.05, 4.69) is 25.6 Å². The van der Waals surface area contributed by atoms with Gasteiger partial charge < -0.3 is 5.32 Å². The number of carbonyl (C=O) groups is 1. The average Bonchev–Trinajstić information content (AvgIpc) is 3.44. The van der Waals surface area contributed by atoms with Gasteiger partial charge in [0.05, 0.1) is 17.8 Å². The Balaban J connectivity index is 1.47. The minimum absolute atomic E-state index is 0.243. The summed E-state index contributed by atoms with van der Waals surface area (Å²) < 4.78 is 3.54. The second-order valence-corrected chi connectivity index (χ2v) is 6.64. The van der Waals surface area contributed by atoms with E-state index in [0.717, 1.165) is 16.9 Å². The van der Waals surface area contributed by atoms with Crippen molar-refractivity contribution in [2.75, 3.05) is 0 Å². The van der Waals surface area contributed by atoms with Crippen LogP contribution in [-0.2, 0) is 6.54 Å². The highest BCUT2D eigenvalue weighted by atomic mass is 16.1. The van der Waals surface area contributed by atoms with Crippen LogP contribution in [0.25, 0.3) is 22.6 Å². The van der Waals surface area contributed by atoms with Crippen molar-refractivity contribution in [2.45, 2.75) is 6.54 Å². The number of benzene rings is 1. The van der Waals surface area contributed by atoms with Gasteiger partial charge in [-0.2, -0.15) is 5.10 Å². The summed E-state index contributed by atoms with van der Waals surface area (Å²) in [4.78, 5) is 17.2. The summed E-state index contributed by atoms with van der Waals surface area (Å²) in [7, 11) is 0. The van der Waals surface area contributed by atoms with Crippen LogP contribution < -0.4 is 5.32 Å². The van der Waals surface area contributed by atoms with Crippen molar-refractivity contribution >= 4 is 11.6 Å². The first kappa shape index (κ1) is 17.7. The maximum absolute atomic E-state index is 13.1. The summed E-state index contributed by atoms with van der Waals surface area (Å²) in [6, 6.07) is 19.0. The molecule has 0 aliphatic rings. The van der Waals surface area contributed by atoms with Crippen molar-refractivity contribution in [3.05, 3.63) is 96.8 Å². The van der Waals surface area contributed by atoms with Gasteiger partial charge in [0.25, 0.3) is 5.91 Å². The highest BCUT2D eigenvalue weighted by Gasteiger charge is 2.19. The Morgan fingerprint density at radius 1 is 0.967 bits per heavy atom. The molecule has 0 bridgehead atoms. The Kier molecular flexibility index (Phi) is 4.49. The van der Waals surface area contributed by atoms with Gasteiger partial charge in [0.2, 0.25) is 0 Å². The van der Waals surface area contributed by atoms with Gasteiger partial charge in [-0.15, -0.1) is 10.2 Å². The van der Waals surface area contributed by atoms with Crippen LogP contribution in [0.5, 0.6) is 0 Å². The minimum atomic E-state index is -0.247. The van der Waals surface area contributed by atoms with Crippen LogP contribution >= 0.6 is 0 Å². The van der Waals surface area contributed by atoms with Crippen LogP contribution in [0.3, 0.4) is 0 Å². The van der Waals surface area contributed by atoms with Gasteiger partial charge in [-0.25, -0.2) is 4.68 Å². The standard InChI is InChI=1S/C22H17N7O/c30-22(24-14-20-26-25-19-10-4-5-12-28(19)20)18-15-29(17-8-2-1-3-9-17)27-21(18)16-7-6-11-23-13-16/h1-13,15H,14H2,(H,24,30). The van der Waals surface area contributed by atoms with Crippen molar-refractivity contribution < 1.29 is 4.79 Å². The normalized spacial score (nSPS) is 10.9. The van der Waals surface area contributed by atoms with Crippen LogP contribution in [0.1, 0.15) is 16.2 Å². The summed E-state index contributed by atoms with van der Waals surface area (Å²) in [5, 5.41) is 15.9. The molecular formula is C22H17N7O. The van der Waals surface area contributed by atoms with Gasteiger partial charge in [-0.05, 0) is 36.4 Å². The number of hydrogen-bond acceptors (Lipinski definition) is 5. The maximum Gasteiger partial charge on any atom is 0.255 e. The summed E-state index contributed by atoms with van der Waals surface area (Å²) in [6.45, 7) is 0.243. The molecule has 0 atom stereocenters. The molecule has 30 heavy (non-hydrogen) atoms. The van der Waals surface area contributed by atoms with E-state index in [4.69, 9.17) is 0 Å². The van der Waals surface area contributed by atoms with Gasteiger partial charge >= 0.3 is 0 Å². The zero-order chi connectivity index (χ0) is 20.3. The molecule has 0 aliphatic heterocycles. The fourth-order valence-electron chi connectivity index (χ4n) is 3.24. The van der Waals surface area contributed by atoms with Gasteiger partial charge in [0.1, 0.15) is 5.69 Å². The molecule has 5 rings (SSSR count). The number of fused-ring (bicyclic) bond motifs is 1. The van der Waals surface area contributed by atoms with Crippen LogP contribution in [0.2, 0.25) is 0 Å². The maximum atomic E-state index is 13.1. The molecule has 0 saturated heterocycles. The predicted octanol–water partition coefficient (Wildman–Crippen LogP) is 2.91. The lowest BCUT2D eigenvalue weighted by Gasteiger charge is -2.04. The van der Waals surface area contributed by atoms with E-state index in [0.29, 0.717) is 17.1 Å². The fourth-order valence-corrected chi connectivity index (χ4v) is 3.24. The Bertz CT molecular complexity index is 1310. The molecule has 0 fully saturated rings. The molecule has 4 heterocycles. The molecule has 1 N–H and O–H groups in total. The van der Waals surface area contributed by atoms with Gasteiger partial charge in [0.15, 0.2) is 11.5 Å². The molecule has 1 amide bonds. The number of aromatic nitrogens is 6. The molecule has 0 saturated carbocycles. The largest absolute Gasteiger partial charge is 0.345 e. The SMILES string of the molecule is O=C(NCc1nnc2ccccn12)c1cn(-c2ccccc2)nc1-c1cccnc1. The van der Waals surface area contributed by atoms with Crippen LogP contribution in [0, 0.1) is 0 Å². The van der Waals surface area contributed by atoms with E-state index >= 15 is 0 Å². The zero-order valence-corrected chi connectivity index (χ0v) is 15.9. The number of carbonyl (C=O) groups excluding carboxylic acids is 1. The van der Waals surface area contributed by atoms with Crippen molar-refractivity contribution in [2.24, 2.45) is 0 Å². The number of rotatable bonds is 5. The highest BCUT2D eigenvalue weighted by Crippen LogP contribution is 2.23. The Hall–Kier alpha value is -4.33. The molecule has 146 valence electrons. The topological polar surface area (TPSA) is 90.0 Å². The Morgan fingerprint density at radius 3 is 2.67 bits per heavy atom. The molecule has 1 aromatic carbocycles. The van der Waals surface area contributed by atoms with E-state index in [9.17, 15) is 4.79 Å². The highest BCUT2D eigenvalue weighted by molar-refractivity contribution is 5.99. The minimum Gasteiger partial charge on any atom is -0.345 e. The number of hydrogen-bond donors (Lipinski definition) is 1. The van der Waals surface area contributed by atoms with E-state index in [1.165, 1.54) is 0 Å². The molecule has 0 unspecified atom stereocenters. The predicted molar refractivity (Wildman–Crippen MR) is 111 cm³/mol. The van der Waals surface area contributed by atoms with Crippen molar-refractivity contribution in [3.8, 4) is 16.9 Å². The summed E-state index contributed by atoms with van der Waals surface area (Å²) >= 11 is 0. The summed E-state index contributed by atoms with van der Waals surface area (Å²) in [6.07, 6.45) is 6.98. The first-order valence-corrected chi connectivity index (χ1v) is 9.42. The number of nitrogens with one attached hydrogen (secondary N) is 1. The third-order valence-electron chi connectivity index (χ3n) is 4.71. The Morgan fingerprint density at radius 2 is 1.83 bits per heavy atom. The second-order valence-electron chi connectivity index (χ2n) is 6.64. The van der Waals surface area contributed by atoms with Crippen molar-refractivity contribution in [3.63, 3.8) is 0 Å². The van der Waals surface area contributed by atoms with Crippen molar-refractivity contribution in [1.29, 1.82) is 0 Å². The molecule has 4 aromatic heterocycles. The van der Waals surface area contributed by atoms with Gasteiger partial charge in [0, 0.05) is 30.4 Å². The number of amides is 1. The van der Waals surface area contributed by atoms with Gasteiger partial charge in [-0.3, -0.25) is 14.2 Å². The van der Waals surface area contributed by atoms with E-state index in [1.54, 1.807) is 23.3 Å². The number of pyridine rings is 2. The van der Waals surface area contributed by atoms with Crippen LogP contribution in [-0.4, -0.2) is 35.3 Å². The lowest BCUT2D eigenvalue weighted by Crippen LogP contribution is -2.24. The third-order valence-corrected chi connectivity index (χ3v) is 4.71. The first-order valence-electron chi connectivity index (χ1n) is 9.42. The number of para-hydroxylation sites is 1. The second kappa shape index (κ2) is 7.59. The molecule has 0 radical (unpaired) electrons. The molecular weight excluding hydrogens is 378 g/mol.